The summed E-state index contributed by atoms with van der Waals surface area (Å²) >= 11 is 0. The van der Waals surface area contributed by atoms with Crippen LogP contribution in [0.3, 0.4) is 0 Å². The maximum Gasteiger partial charge on any atom is 0.221 e. The van der Waals surface area contributed by atoms with Crippen molar-refractivity contribution < 1.29 is 19.3 Å². The minimum absolute atomic E-state index is 0.146. The van der Waals surface area contributed by atoms with Gasteiger partial charge in [0.1, 0.15) is 23.1 Å². The lowest BCUT2D eigenvalue weighted by molar-refractivity contribution is 0.00407. The number of nitrogens with zero attached hydrogens (tertiary/aromatic N) is 2. The van der Waals surface area contributed by atoms with Gasteiger partial charge in [0.25, 0.3) is 0 Å². The third kappa shape index (κ3) is 5.88. The van der Waals surface area contributed by atoms with Crippen LogP contribution in [0.1, 0.15) is 43.7 Å². The van der Waals surface area contributed by atoms with E-state index in [1.807, 2.05) is 31.2 Å². The number of benzene rings is 2. The molecule has 0 spiro atoms. The Labute approximate surface area is 199 Å². The third-order valence-corrected chi connectivity index (χ3v) is 5.86. The van der Waals surface area contributed by atoms with Crippen LogP contribution in [0.5, 0.6) is 17.2 Å². The van der Waals surface area contributed by atoms with Gasteiger partial charge in [0.05, 0.1) is 24.9 Å². The van der Waals surface area contributed by atoms with E-state index in [2.05, 4.69) is 9.97 Å². The minimum Gasteiger partial charge on any atom is -0.508 e. The molecule has 1 fully saturated rings. The molecule has 2 heterocycles. The van der Waals surface area contributed by atoms with Crippen LogP contribution in [-0.2, 0) is 11.2 Å². The molecule has 1 saturated heterocycles. The Morgan fingerprint density at radius 2 is 1.85 bits per heavy atom. The molecule has 1 aromatic heterocycles. The molecule has 180 valence electrons. The Morgan fingerprint density at radius 3 is 2.53 bits per heavy atom. The fraction of sp³-hybridized carbons (Fsp3) is 0.385. The first kappa shape index (κ1) is 23.6. The molecule has 0 bridgehead atoms. The number of aromatic hydroxyl groups is 1. The van der Waals surface area contributed by atoms with Crippen LogP contribution in [0, 0.1) is 0 Å². The average Bonchev–Trinajstić information content (AvgIpc) is 2.83. The van der Waals surface area contributed by atoms with Crippen molar-refractivity contribution >= 4 is 11.8 Å². The highest BCUT2D eigenvalue weighted by molar-refractivity contribution is 5.78. The molecule has 0 radical (unpaired) electrons. The average molecular weight is 465 g/mol. The number of phenols is 1. The molecule has 1 atom stereocenters. The van der Waals surface area contributed by atoms with E-state index < -0.39 is 0 Å². The highest BCUT2D eigenvalue weighted by Crippen LogP contribution is 2.41. The number of anilines is 2. The van der Waals surface area contributed by atoms with Crippen molar-refractivity contribution in [2.24, 2.45) is 0 Å². The normalized spacial score (nSPS) is 15.7. The summed E-state index contributed by atoms with van der Waals surface area (Å²) < 4.78 is 18.2. The van der Waals surface area contributed by atoms with E-state index in [0.29, 0.717) is 37.0 Å². The molecule has 8 heteroatoms. The zero-order valence-corrected chi connectivity index (χ0v) is 19.5. The minimum atomic E-state index is 0.146. The zero-order valence-electron chi connectivity index (χ0n) is 19.5. The molecule has 8 nitrogen and oxygen atoms in total. The van der Waals surface area contributed by atoms with Crippen molar-refractivity contribution in [1.82, 2.24) is 9.97 Å². The fourth-order valence-corrected chi connectivity index (χ4v) is 4.17. The second-order valence-electron chi connectivity index (χ2n) is 8.39. The Balaban J connectivity index is 1.67. The highest BCUT2D eigenvalue weighted by atomic mass is 16.5. The number of rotatable bonds is 9. The summed E-state index contributed by atoms with van der Waals surface area (Å²) in [5.41, 5.74) is 15.2. The molecule has 1 aliphatic rings. The predicted octanol–water partition coefficient (Wildman–Crippen LogP) is 4.34. The van der Waals surface area contributed by atoms with Gasteiger partial charge in [-0.05, 0) is 61.6 Å². The lowest BCUT2D eigenvalue weighted by Crippen LogP contribution is -2.21. The van der Waals surface area contributed by atoms with Crippen LogP contribution in [-0.4, -0.2) is 41.0 Å². The largest absolute Gasteiger partial charge is 0.508 e. The van der Waals surface area contributed by atoms with Gasteiger partial charge in [-0.2, -0.15) is 4.98 Å². The highest BCUT2D eigenvalue weighted by Gasteiger charge is 2.19. The Hall–Kier alpha value is -3.52. The molecular formula is C26H32N4O4. The monoisotopic (exact) mass is 464 g/mol. The number of ether oxygens (including phenoxy) is 3. The van der Waals surface area contributed by atoms with Gasteiger partial charge in [-0.3, -0.25) is 0 Å². The molecule has 0 aliphatic carbocycles. The topological polar surface area (TPSA) is 126 Å². The van der Waals surface area contributed by atoms with E-state index in [-0.39, 0.29) is 17.8 Å². The van der Waals surface area contributed by atoms with Crippen molar-refractivity contribution in [1.29, 1.82) is 0 Å². The summed E-state index contributed by atoms with van der Waals surface area (Å²) in [6, 6.07) is 11.0. The summed E-state index contributed by atoms with van der Waals surface area (Å²) in [7, 11) is 0. The molecule has 0 saturated carbocycles. The predicted molar refractivity (Wildman–Crippen MR) is 132 cm³/mol. The molecule has 2 aromatic carbocycles. The first-order valence-electron chi connectivity index (χ1n) is 11.7. The number of nitrogens with two attached hydrogens (primary N) is 2. The number of phenolic OH excluding ortho intramolecular Hbond substituents is 1. The lowest BCUT2D eigenvalue weighted by Gasteiger charge is -2.23. The summed E-state index contributed by atoms with van der Waals surface area (Å²) in [6.07, 6.45) is 6.58. The summed E-state index contributed by atoms with van der Waals surface area (Å²) in [4.78, 5) is 8.15. The second kappa shape index (κ2) is 11.1. The molecule has 34 heavy (non-hydrogen) atoms. The van der Waals surface area contributed by atoms with Gasteiger partial charge in [0.15, 0.2) is 0 Å². The molecule has 1 unspecified atom stereocenters. The number of aromatic nitrogens is 2. The van der Waals surface area contributed by atoms with Crippen LogP contribution in [0.15, 0.2) is 42.6 Å². The maximum absolute atomic E-state index is 9.78. The first-order valence-corrected chi connectivity index (χ1v) is 11.7. The van der Waals surface area contributed by atoms with Gasteiger partial charge >= 0.3 is 0 Å². The maximum atomic E-state index is 9.78. The standard InChI is InChI=1S/C26H32N4O4/c1-2-32-22-14-17(13-19-16-29-26(28)30-25(19)27)15-23(24(22)18-6-8-20(31)9-7-18)34-12-10-21-5-3-4-11-33-21/h6-9,14-16,21,31H,2-5,10-13H2,1H3,(H4,27,28,29,30). The van der Waals surface area contributed by atoms with Crippen molar-refractivity contribution in [3.8, 4) is 28.4 Å². The number of hydrogen-bond donors (Lipinski definition) is 3. The van der Waals surface area contributed by atoms with Crippen molar-refractivity contribution in [3.05, 3.63) is 53.7 Å². The van der Waals surface area contributed by atoms with E-state index >= 15 is 0 Å². The van der Waals surface area contributed by atoms with Crippen molar-refractivity contribution in [2.75, 3.05) is 31.3 Å². The van der Waals surface area contributed by atoms with Crippen LogP contribution in [0.4, 0.5) is 11.8 Å². The molecule has 1 aliphatic heterocycles. The van der Waals surface area contributed by atoms with Gasteiger partial charge in [0, 0.05) is 31.2 Å². The van der Waals surface area contributed by atoms with E-state index in [1.54, 1.807) is 18.3 Å². The Bertz CT molecular complexity index is 1100. The third-order valence-electron chi connectivity index (χ3n) is 5.86. The second-order valence-corrected chi connectivity index (χ2v) is 8.39. The fourth-order valence-electron chi connectivity index (χ4n) is 4.17. The Kier molecular flexibility index (Phi) is 7.69. The molecule has 0 amide bonds. The van der Waals surface area contributed by atoms with Crippen molar-refractivity contribution in [3.63, 3.8) is 0 Å². The number of hydrogen-bond acceptors (Lipinski definition) is 8. The van der Waals surface area contributed by atoms with E-state index in [9.17, 15) is 5.11 Å². The van der Waals surface area contributed by atoms with Crippen LogP contribution < -0.4 is 20.9 Å². The van der Waals surface area contributed by atoms with Crippen LogP contribution in [0.2, 0.25) is 0 Å². The van der Waals surface area contributed by atoms with E-state index in [4.69, 9.17) is 25.7 Å². The SMILES string of the molecule is CCOc1cc(Cc2cnc(N)nc2N)cc(OCCC2CCCCO2)c1-c1ccc(O)cc1. The van der Waals surface area contributed by atoms with Crippen LogP contribution in [0.25, 0.3) is 11.1 Å². The van der Waals surface area contributed by atoms with Crippen LogP contribution >= 0.6 is 0 Å². The van der Waals surface area contributed by atoms with E-state index in [1.165, 1.54) is 6.42 Å². The first-order chi connectivity index (χ1) is 16.5. The smallest absolute Gasteiger partial charge is 0.221 e. The van der Waals surface area contributed by atoms with Gasteiger partial charge in [0.2, 0.25) is 5.95 Å². The lowest BCUT2D eigenvalue weighted by atomic mass is 9.98. The molecule has 4 rings (SSSR count). The quantitative estimate of drug-likeness (QED) is 0.427. The summed E-state index contributed by atoms with van der Waals surface area (Å²) in [5, 5.41) is 9.78. The van der Waals surface area contributed by atoms with Gasteiger partial charge < -0.3 is 30.8 Å². The van der Waals surface area contributed by atoms with Gasteiger partial charge in [-0.25, -0.2) is 4.98 Å². The van der Waals surface area contributed by atoms with Gasteiger partial charge in [-0.15, -0.1) is 0 Å². The molecule has 5 N–H and O–H groups in total. The zero-order chi connectivity index (χ0) is 23.9. The van der Waals surface area contributed by atoms with Crippen molar-refractivity contribution in [2.45, 2.75) is 45.1 Å². The molecule has 3 aromatic rings. The number of nitrogen functional groups attached to an aromatic ring is 2. The summed E-state index contributed by atoms with van der Waals surface area (Å²) in [5.74, 6) is 2.11. The van der Waals surface area contributed by atoms with Gasteiger partial charge in [-0.1, -0.05) is 12.1 Å². The molecular weight excluding hydrogens is 432 g/mol. The Morgan fingerprint density at radius 1 is 1.09 bits per heavy atom. The van der Waals surface area contributed by atoms with E-state index in [0.717, 1.165) is 48.1 Å². The summed E-state index contributed by atoms with van der Waals surface area (Å²) in [6.45, 7) is 3.79.